The van der Waals surface area contributed by atoms with Gasteiger partial charge in [0.1, 0.15) is 6.29 Å². The molecule has 3 aromatic heterocycles. The number of aromatic nitrogens is 4. The minimum atomic E-state index is -2.61. The Morgan fingerprint density at radius 3 is 2.48 bits per heavy atom. The molecule has 0 radical (unpaired) electrons. The normalized spacial score (nSPS) is 18.4. The van der Waals surface area contributed by atoms with E-state index in [2.05, 4.69) is 37.4 Å². The highest BCUT2D eigenvalue weighted by atomic mass is 19.3. The van der Waals surface area contributed by atoms with Crippen molar-refractivity contribution < 1.29 is 13.6 Å². The Morgan fingerprint density at radius 2 is 1.78 bits per heavy atom. The average molecular weight is 683 g/mol. The number of hydrogen-bond donors (Lipinski definition) is 0. The van der Waals surface area contributed by atoms with Gasteiger partial charge in [0.25, 0.3) is 13.1 Å². The number of aldehydes is 1. The molecule has 0 spiro atoms. The number of pyridine rings is 1. The number of halogens is 2. The van der Waals surface area contributed by atoms with Crippen LogP contribution < -0.4 is 4.90 Å². The van der Waals surface area contributed by atoms with Gasteiger partial charge in [0, 0.05) is 104 Å². The van der Waals surface area contributed by atoms with E-state index < -0.39 is 6.43 Å². The Balaban J connectivity index is 0.000000822. The molecule has 0 atom stereocenters. The highest BCUT2D eigenvalue weighted by molar-refractivity contribution is 6.70. The van der Waals surface area contributed by atoms with Gasteiger partial charge in [0.05, 0.1) is 11.6 Å². The predicted octanol–water partition coefficient (Wildman–Crippen LogP) is 7.25. The lowest BCUT2D eigenvalue weighted by molar-refractivity contribution is -0.106. The summed E-state index contributed by atoms with van der Waals surface area (Å²) in [6, 6.07) is 6.57. The maximum Gasteiger partial charge on any atom is 0.270 e. The van der Waals surface area contributed by atoms with Crippen molar-refractivity contribution in [2.75, 3.05) is 38.1 Å². The minimum Gasteiger partial charge on any atom is -0.350 e. The molecular formula is C38H49BF2N8O. The Kier molecular flexibility index (Phi) is 11.0. The fourth-order valence-corrected chi connectivity index (χ4v) is 8.30. The first-order chi connectivity index (χ1) is 24.3. The van der Waals surface area contributed by atoms with Crippen molar-refractivity contribution in [1.82, 2.24) is 29.1 Å². The van der Waals surface area contributed by atoms with Crippen LogP contribution in [0.1, 0.15) is 74.9 Å². The number of fused-ring (bicyclic) bond motifs is 3. The molecule has 0 unspecified atom stereocenters. The van der Waals surface area contributed by atoms with Gasteiger partial charge in [0.15, 0.2) is 5.82 Å². The molecule has 8 rings (SSSR count). The van der Waals surface area contributed by atoms with Crippen LogP contribution in [-0.2, 0) is 31.2 Å². The van der Waals surface area contributed by atoms with Gasteiger partial charge in [-0.05, 0) is 87.7 Å². The van der Waals surface area contributed by atoms with E-state index in [4.69, 9.17) is 9.89 Å². The van der Waals surface area contributed by atoms with E-state index in [-0.39, 0.29) is 12.3 Å². The number of nitrogens with zero attached hydrogens (tertiary/aromatic N) is 8. The second kappa shape index (κ2) is 15.4. The van der Waals surface area contributed by atoms with Crippen molar-refractivity contribution in [1.29, 1.82) is 5.26 Å². The first kappa shape index (κ1) is 35.7. The summed E-state index contributed by atoms with van der Waals surface area (Å²) in [5.41, 5.74) is 6.96. The summed E-state index contributed by atoms with van der Waals surface area (Å²) in [5, 5.41) is 15.5. The smallest absolute Gasteiger partial charge is 0.270 e. The Bertz CT molecular complexity index is 1850. The van der Waals surface area contributed by atoms with Gasteiger partial charge in [0.2, 0.25) is 0 Å². The second-order valence-electron chi connectivity index (χ2n) is 13.8. The van der Waals surface area contributed by atoms with Gasteiger partial charge in [-0.25, -0.2) is 14.0 Å². The lowest BCUT2D eigenvalue weighted by atomic mass is 9.34. The number of nitriles is 1. The summed E-state index contributed by atoms with van der Waals surface area (Å²) in [6.45, 7) is 10.3. The van der Waals surface area contributed by atoms with Crippen molar-refractivity contribution >= 4 is 35.4 Å². The number of likely N-dealkylation sites (N-methyl/N-ethyl adjacent to an activating group) is 1. The largest absolute Gasteiger partial charge is 0.350 e. The van der Waals surface area contributed by atoms with E-state index in [9.17, 15) is 14.0 Å². The molecule has 4 aromatic rings. The van der Waals surface area contributed by atoms with Crippen molar-refractivity contribution in [3.05, 3.63) is 59.2 Å². The summed E-state index contributed by atoms with van der Waals surface area (Å²) in [5.74, 6) is 3.36. The van der Waals surface area contributed by atoms with Crippen LogP contribution in [0.3, 0.4) is 0 Å². The monoisotopic (exact) mass is 682 g/mol. The van der Waals surface area contributed by atoms with Gasteiger partial charge < -0.3 is 24.1 Å². The Labute approximate surface area is 294 Å². The number of benzene rings is 1. The van der Waals surface area contributed by atoms with Crippen molar-refractivity contribution in [3.63, 3.8) is 0 Å². The summed E-state index contributed by atoms with van der Waals surface area (Å²) >= 11 is 0. The number of rotatable bonds is 5. The van der Waals surface area contributed by atoms with E-state index in [0.29, 0.717) is 17.6 Å². The molecule has 0 N–H and O–H groups in total. The van der Waals surface area contributed by atoms with Gasteiger partial charge in [-0.1, -0.05) is 13.8 Å². The highest BCUT2D eigenvalue weighted by Gasteiger charge is 2.39. The zero-order chi connectivity index (χ0) is 35.5. The van der Waals surface area contributed by atoms with E-state index in [0.717, 1.165) is 117 Å². The van der Waals surface area contributed by atoms with Gasteiger partial charge >= 0.3 is 0 Å². The number of alkyl halides is 2. The zero-order valence-electron chi connectivity index (χ0n) is 30.1. The fraction of sp³-hybridized carbons (Fsp3) is 0.526. The standard InChI is InChI=1S/C34H39BF2N8.C2H4O.C2H6/c1-41-11-8-31-29(19-41)34(40-45(31)23-6-12-43(13-7-23)24-16-35(17-24)21-38)44-10-3-4-22-14-25(26(33(36)37)15-32(22)44)28-20-42(2)30-5-9-39-18-27(28)30;1-2-3;1-2/h5,9,14-15,18,20,23-24,33H,3-4,6-8,10-13,16-17,19H2,1-2H3;2H,1H3;1-2H3. The number of likely N-dealkylation sites (tertiary alicyclic amines) is 1. The van der Waals surface area contributed by atoms with Crippen LogP contribution in [0.5, 0.6) is 0 Å². The van der Waals surface area contributed by atoms with Crippen LogP contribution in [0.2, 0.25) is 12.6 Å². The SMILES string of the molecule is CC.CC=O.CN1CCc2c(c(N3CCCc4cc(-c5cn(C)c6ccncc56)c(C(F)F)cc43)nn2C2CCN(C3CB(C#N)C3)CC2)C1. The predicted molar refractivity (Wildman–Crippen MR) is 196 cm³/mol. The molecule has 4 aliphatic heterocycles. The summed E-state index contributed by atoms with van der Waals surface area (Å²) in [7, 11) is 4.10. The van der Waals surface area contributed by atoms with Gasteiger partial charge in [-0.3, -0.25) is 9.67 Å². The average Bonchev–Trinajstić information content (AvgIpc) is 3.66. The first-order valence-electron chi connectivity index (χ1n) is 18.2. The third-order valence-electron chi connectivity index (χ3n) is 10.9. The topological polar surface area (TPSA) is 86.2 Å². The second-order valence-corrected chi connectivity index (χ2v) is 13.8. The van der Waals surface area contributed by atoms with Crippen LogP contribution in [0, 0.1) is 11.2 Å². The number of aryl methyl sites for hydroxylation is 2. The summed E-state index contributed by atoms with van der Waals surface area (Å²) < 4.78 is 34.0. The number of hydrogen-bond acceptors (Lipinski definition) is 7. The third-order valence-corrected chi connectivity index (χ3v) is 10.9. The van der Waals surface area contributed by atoms with Crippen LogP contribution in [0.15, 0.2) is 36.8 Å². The number of anilines is 2. The first-order valence-corrected chi connectivity index (χ1v) is 18.2. The van der Waals surface area contributed by atoms with Gasteiger partial charge in [-0.15, -0.1) is 0 Å². The molecule has 0 bridgehead atoms. The lowest BCUT2D eigenvalue weighted by Gasteiger charge is -2.43. The molecule has 4 aliphatic rings. The molecule has 12 heteroatoms. The highest BCUT2D eigenvalue weighted by Crippen LogP contribution is 2.45. The Morgan fingerprint density at radius 1 is 1.04 bits per heavy atom. The summed E-state index contributed by atoms with van der Waals surface area (Å²) in [6.07, 6.45) is 10.5. The molecule has 2 saturated heterocycles. The molecule has 7 heterocycles. The molecule has 2 fully saturated rings. The molecular weight excluding hydrogens is 633 g/mol. The van der Waals surface area contributed by atoms with Crippen LogP contribution in [0.4, 0.5) is 20.3 Å². The van der Waals surface area contributed by atoms with Crippen LogP contribution in [0.25, 0.3) is 22.0 Å². The quantitative estimate of drug-likeness (QED) is 0.162. The molecule has 0 amide bonds. The maximum absolute atomic E-state index is 14.9. The molecule has 1 aromatic carbocycles. The van der Waals surface area contributed by atoms with Crippen LogP contribution in [-0.4, -0.2) is 81.4 Å². The lowest BCUT2D eigenvalue weighted by Crippen LogP contribution is -2.50. The Hall–Kier alpha value is -4.08. The number of piperidine rings is 1. The van der Waals surface area contributed by atoms with Gasteiger partial charge in [-0.2, -0.15) is 5.10 Å². The van der Waals surface area contributed by atoms with E-state index >= 15 is 0 Å². The van der Waals surface area contributed by atoms with E-state index in [1.54, 1.807) is 18.5 Å². The molecule has 0 aliphatic carbocycles. The van der Waals surface area contributed by atoms with Crippen molar-refractivity contribution in [3.8, 4) is 17.1 Å². The minimum absolute atomic E-state index is 0.0597. The van der Waals surface area contributed by atoms with E-state index in [1.807, 2.05) is 43.8 Å². The maximum atomic E-state index is 14.9. The van der Waals surface area contributed by atoms with E-state index in [1.165, 1.54) is 18.2 Å². The van der Waals surface area contributed by atoms with Crippen molar-refractivity contribution in [2.45, 2.75) is 90.6 Å². The van der Waals surface area contributed by atoms with Crippen molar-refractivity contribution in [2.24, 2.45) is 7.05 Å². The molecule has 50 heavy (non-hydrogen) atoms. The number of carbonyl (C=O) groups excluding carboxylic acids is 1. The molecule has 0 saturated carbocycles. The number of carbonyl (C=O) groups is 1. The molecule has 9 nitrogen and oxygen atoms in total. The fourth-order valence-electron chi connectivity index (χ4n) is 8.30. The molecule has 264 valence electrons. The zero-order valence-corrected chi connectivity index (χ0v) is 30.1. The third kappa shape index (κ3) is 6.70. The summed E-state index contributed by atoms with van der Waals surface area (Å²) in [4.78, 5) is 20.3. The van der Waals surface area contributed by atoms with Crippen LogP contribution >= 0.6 is 0 Å².